The summed E-state index contributed by atoms with van der Waals surface area (Å²) < 4.78 is 1.63. The van der Waals surface area contributed by atoms with Gasteiger partial charge in [-0.3, -0.25) is 7.58 Å². The third-order valence-corrected chi connectivity index (χ3v) is 1.54. The molecule has 0 amide bonds. The molecule has 1 heterocycles. The zero-order valence-corrected chi connectivity index (χ0v) is 6.07. The summed E-state index contributed by atoms with van der Waals surface area (Å²) in [5, 5.41) is 0. The highest BCUT2D eigenvalue weighted by molar-refractivity contribution is 14.1. The normalized spacial score (nSPS) is 9.12. The molecule has 0 saturated heterocycles. The van der Waals surface area contributed by atoms with E-state index in [-0.39, 0.29) is 0 Å². The molecule has 0 spiro atoms. The second kappa shape index (κ2) is 2.25. The van der Waals surface area contributed by atoms with Crippen LogP contribution >= 0.6 is 22.9 Å². The zero-order valence-electron chi connectivity index (χ0n) is 3.91. The number of aldehydes is 1. The Morgan fingerprint density at radius 3 is 2.88 bits per heavy atom. The zero-order chi connectivity index (χ0) is 5.98. The standard InChI is InChI=1S/C4H3IN2O/c5-7-2-1-6-4(7)3-8/h1-3H. The van der Waals surface area contributed by atoms with Gasteiger partial charge in [0.2, 0.25) is 0 Å². The number of carbonyl (C=O) groups is 1. The molecular weight excluding hydrogens is 219 g/mol. The van der Waals surface area contributed by atoms with Crippen molar-refractivity contribution in [2.45, 2.75) is 0 Å². The quantitative estimate of drug-likeness (QED) is 0.522. The van der Waals surface area contributed by atoms with Crippen LogP contribution in [0.1, 0.15) is 10.6 Å². The van der Waals surface area contributed by atoms with Crippen LogP contribution in [-0.4, -0.2) is 14.1 Å². The Balaban J connectivity index is 3.09. The van der Waals surface area contributed by atoms with Crippen LogP contribution in [-0.2, 0) is 0 Å². The third-order valence-electron chi connectivity index (χ3n) is 0.729. The van der Waals surface area contributed by atoms with Crippen LogP contribution in [0.15, 0.2) is 12.4 Å². The van der Waals surface area contributed by atoms with Gasteiger partial charge in [0.15, 0.2) is 12.1 Å². The number of nitrogens with zero attached hydrogens (tertiary/aromatic N) is 2. The summed E-state index contributed by atoms with van der Waals surface area (Å²) in [5.41, 5.74) is 0. The molecule has 0 bridgehead atoms. The average molecular weight is 222 g/mol. The molecule has 3 nitrogen and oxygen atoms in total. The maximum Gasteiger partial charge on any atom is 0.186 e. The minimum atomic E-state index is 0.450. The summed E-state index contributed by atoms with van der Waals surface area (Å²) in [5.74, 6) is 0.450. The molecule has 1 rings (SSSR count). The fourth-order valence-corrected chi connectivity index (χ4v) is 0.763. The summed E-state index contributed by atoms with van der Waals surface area (Å²) in [6.45, 7) is 0. The first-order valence-electron chi connectivity index (χ1n) is 1.99. The fraction of sp³-hybridized carbons (Fsp3) is 0. The lowest BCUT2D eigenvalue weighted by molar-refractivity contribution is 0.111. The van der Waals surface area contributed by atoms with E-state index in [9.17, 15) is 4.79 Å². The van der Waals surface area contributed by atoms with Crippen LogP contribution in [0.2, 0.25) is 0 Å². The predicted molar refractivity (Wildman–Crippen MR) is 37.0 cm³/mol. The van der Waals surface area contributed by atoms with Crippen LogP contribution in [0, 0.1) is 0 Å². The van der Waals surface area contributed by atoms with Crippen molar-refractivity contribution in [3.05, 3.63) is 18.2 Å². The number of aromatic nitrogens is 2. The lowest BCUT2D eigenvalue weighted by Gasteiger charge is -1.83. The van der Waals surface area contributed by atoms with Crippen LogP contribution < -0.4 is 0 Å². The molecule has 0 radical (unpaired) electrons. The Labute approximate surface area is 60.2 Å². The van der Waals surface area contributed by atoms with Gasteiger partial charge >= 0.3 is 0 Å². The first-order chi connectivity index (χ1) is 3.84. The van der Waals surface area contributed by atoms with Crippen LogP contribution in [0.4, 0.5) is 0 Å². The van der Waals surface area contributed by atoms with Crippen LogP contribution in [0.5, 0.6) is 0 Å². The molecule has 0 saturated carbocycles. The molecule has 1 aromatic rings. The molecular formula is C4H3IN2O. The monoisotopic (exact) mass is 222 g/mol. The van der Waals surface area contributed by atoms with Gasteiger partial charge < -0.3 is 0 Å². The van der Waals surface area contributed by atoms with Gasteiger partial charge in [-0.1, -0.05) is 0 Å². The van der Waals surface area contributed by atoms with Crippen LogP contribution in [0.3, 0.4) is 0 Å². The lowest BCUT2D eigenvalue weighted by Crippen LogP contribution is -1.86. The molecule has 0 unspecified atom stereocenters. The molecule has 0 aliphatic rings. The summed E-state index contributed by atoms with van der Waals surface area (Å²) in [7, 11) is 0. The molecule has 0 aliphatic heterocycles. The Morgan fingerprint density at radius 2 is 2.62 bits per heavy atom. The number of halogens is 1. The van der Waals surface area contributed by atoms with E-state index < -0.39 is 0 Å². The van der Waals surface area contributed by atoms with Gasteiger partial charge in [-0.05, 0) is 0 Å². The van der Waals surface area contributed by atoms with Crippen molar-refractivity contribution in [3.8, 4) is 0 Å². The molecule has 0 aromatic carbocycles. The predicted octanol–water partition coefficient (Wildman–Crippen LogP) is 0.894. The maximum atomic E-state index is 10.0. The van der Waals surface area contributed by atoms with E-state index in [4.69, 9.17) is 0 Å². The van der Waals surface area contributed by atoms with Crippen molar-refractivity contribution in [2.75, 3.05) is 0 Å². The van der Waals surface area contributed by atoms with Crippen molar-refractivity contribution >= 4 is 29.2 Å². The molecule has 0 fully saturated rings. The highest BCUT2D eigenvalue weighted by atomic mass is 127. The first-order valence-corrected chi connectivity index (χ1v) is 2.96. The molecule has 0 aliphatic carbocycles. The number of hydrogen-bond acceptors (Lipinski definition) is 2. The van der Waals surface area contributed by atoms with E-state index >= 15 is 0 Å². The molecule has 1 aromatic heterocycles. The first kappa shape index (κ1) is 5.74. The van der Waals surface area contributed by atoms with Crippen molar-refractivity contribution in [1.29, 1.82) is 0 Å². The minimum absolute atomic E-state index is 0.450. The van der Waals surface area contributed by atoms with E-state index in [0.717, 1.165) is 0 Å². The molecule has 0 N–H and O–H groups in total. The van der Waals surface area contributed by atoms with E-state index in [1.807, 2.05) is 22.9 Å². The summed E-state index contributed by atoms with van der Waals surface area (Å²) >= 11 is 1.98. The van der Waals surface area contributed by atoms with Gasteiger partial charge in [0.25, 0.3) is 0 Å². The molecule has 4 heteroatoms. The topological polar surface area (TPSA) is 34.9 Å². The van der Waals surface area contributed by atoms with Gasteiger partial charge in [-0.25, -0.2) is 4.98 Å². The Bertz CT molecular complexity index is 196. The highest BCUT2D eigenvalue weighted by Crippen LogP contribution is 1.97. The molecule has 8 heavy (non-hydrogen) atoms. The Hall–Kier alpha value is -0.390. The second-order valence-corrected chi connectivity index (χ2v) is 2.25. The lowest BCUT2D eigenvalue weighted by atomic mass is 10.7. The number of imidazole rings is 1. The molecule has 0 atom stereocenters. The Morgan fingerprint density at radius 1 is 1.88 bits per heavy atom. The maximum absolute atomic E-state index is 10.0. The fourth-order valence-electron chi connectivity index (χ4n) is 0.381. The largest absolute Gasteiger partial charge is 0.294 e. The van der Waals surface area contributed by atoms with E-state index in [1.165, 1.54) is 0 Å². The van der Waals surface area contributed by atoms with Crippen molar-refractivity contribution in [1.82, 2.24) is 7.76 Å². The summed E-state index contributed by atoms with van der Waals surface area (Å²) in [6, 6.07) is 0. The van der Waals surface area contributed by atoms with Gasteiger partial charge in [-0.15, -0.1) is 0 Å². The van der Waals surface area contributed by atoms with Gasteiger partial charge in [0, 0.05) is 12.4 Å². The molecule has 42 valence electrons. The smallest absolute Gasteiger partial charge is 0.186 e. The van der Waals surface area contributed by atoms with Gasteiger partial charge in [-0.2, -0.15) is 0 Å². The van der Waals surface area contributed by atoms with Crippen molar-refractivity contribution in [2.24, 2.45) is 0 Å². The van der Waals surface area contributed by atoms with Gasteiger partial charge in [0.05, 0.1) is 22.9 Å². The third kappa shape index (κ3) is 0.885. The van der Waals surface area contributed by atoms with Crippen molar-refractivity contribution < 1.29 is 4.79 Å². The average Bonchev–Trinajstić information content (AvgIpc) is 2.14. The number of carbonyl (C=O) groups excluding carboxylic acids is 1. The summed E-state index contributed by atoms with van der Waals surface area (Å²) in [4.78, 5) is 13.7. The van der Waals surface area contributed by atoms with E-state index in [2.05, 4.69) is 4.98 Å². The van der Waals surface area contributed by atoms with Crippen LogP contribution in [0.25, 0.3) is 0 Å². The van der Waals surface area contributed by atoms with E-state index in [1.54, 1.807) is 15.2 Å². The SMILES string of the molecule is O=Cc1nccn1I. The number of rotatable bonds is 1. The van der Waals surface area contributed by atoms with Gasteiger partial charge in [0.1, 0.15) is 0 Å². The second-order valence-electron chi connectivity index (χ2n) is 1.21. The highest BCUT2D eigenvalue weighted by Gasteiger charge is 1.92. The minimum Gasteiger partial charge on any atom is -0.294 e. The van der Waals surface area contributed by atoms with Crippen molar-refractivity contribution in [3.63, 3.8) is 0 Å². The summed E-state index contributed by atoms with van der Waals surface area (Å²) in [6.07, 6.45) is 4.01. The van der Waals surface area contributed by atoms with E-state index in [0.29, 0.717) is 12.1 Å². The Kier molecular flexibility index (Phi) is 1.62. The number of hydrogen-bond donors (Lipinski definition) is 0.